The summed E-state index contributed by atoms with van der Waals surface area (Å²) in [6.45, 7) is 0. The van der Waals surface area contributed by atoms with Crippen LogP contribution in [0.3, 0.4) is 0 Å². The van der Waals surface area contributed by atoms with Gasteiger partial charge < -0.3 is 19.7 Å². The molecule has 105 valence electrons. The van der Waals surface area contributed by atoms with Crippen LogP contribution in [0.4, 0.5) is 0 Å². The zero-order chi connectivity index (χ0) is 15.3. The maximum Gasteiger partial charge on any atom is 0.569 e. The van der Waals surface area contributed by atoms with E-state index in [9.17, 15) is 10.0 Å². The van der Waals surface area contributed by atoms with E-state index in [1.54, 1.807) is 12.1 Å². The first-order chi connectivity index (χ1) is 10.7. The third-order valence-electron chi connectivity index (χ3n) is 4.02. The van der Waals surface area contributed by atoms with Crippen LogP contribution in [0.25, 0.3) is 32.3 Å². The van der Waals surface area contributed by atoms with Crippen LogP contribution in [0.2, 0.25) is 0 Å². The zero-order valence-electron chi connectivity index (χ0n) is 11.5. The first-order valence-corrected chi connectivity index (χ1v) is 6.88. The molecule has 6 heteroatoms. The Labute approximate surface area is 127 Å². The van der Waals surface area contributed by atoms with Gasteiger partial charge in [0.05, 0.1) is 0 Å². The Bertz CT molecular complexity index is 917. The van der Waals surface area contributed by atoms with E-state index in [2.05, 4.69) is 0 Å². The van der Waals surface area contributed by atoms with Crippen molar-refractivity contribution in [3.63, 3.8) is 0 Å². The van der Waals surface area contributed by atoms with Crippen LogP contribution in [0.15, 0.2) is 48.5 Å². The van der Waals surface area contributed by atoms with Gasteiger partial charge in [-0.3, -0.25) is 0 Å². The lowest BCUT2D eigenvalue weighted by Gasteiger charge is -2.14. The normalized spacial score (nSPS) is 11.4. The summed E-state index contributed by atoms with van der Waals surface area (Å²) < 4.78 is 5.07. The van der Waals surface area contributed by atoms with Crippen LogP contribution in [-0.2, 0) is 0 Å². The molecule has 0 unspecified atom stereocenters. The highest BCUT2D eigenvalue weighted by Gasteiger charge is 2.15. The Morgan fingerprint density at radius 3 is 1.64 bits per heavy atom. The van der Waals surface area contributed by atoms with Crippen molar-refractivity contribution in [3.8, 4) is 5.75 Å². The van der Waals surface area contributed by atoms with Gasteiger partial charge in [0.2, 0.25) is 0 Å². The SMILES string of the molecule is O[B]Oc1cc2ccc3cc(B(O)O)cc4ccc(c1)c2c34. The predicted octanol–water partition coefficient (Wildman–Crippen LogP) is 1.17. The van der Waals surface area contributed by atoms with Gasteiger partial charge in [-0.05, 0) is 49.9 Å². The molecule has 22 heavy (non-hydrogen) atoms. The largest absolute Gasteiger partial charge is 0.569 e. The van der Waals surface area contributed by atoms with Crippen molar-refractivity contribution in [2.45, 2.75) is 0 Å². The van der Waals surface area contributed by atoms with Gasteiger partial charge in [0.15, 0.2) is 0 Å². The molecule has 4 aromatic carbocycles. The summed E-state index contributed by atoms with van der Waals surface area (Å²) in [7, 11) is -0.816. The van der Waals surface area contributed by atoms with E-state index in [-0.39, 0.29) is 0 Å². The minimum atomic E-state index is -1.48. The van der Waals surface area contributed by atoms with E-state index >= 15 is 0 Å². The fourth-order valence-corrected chi connectivity index (χ4v) is 3.11. The van der Waals surface area contributed by atoms with Crippen molar-refractivity contribution in [2.24, 2.45) is 0 Å². The molecule has 1 radical (unpaired) electrons. The molecule has 0 atom stereocenters. The second-order valence-electron chi connectivity index (χ2n) is 5.31. The summed E-state index contributed by atoms with van der Waals surface area (Å²) in [5, 5.41) is 33.7. The first-order valence-electron chi connectivity index (χ1n) is 6.88. The smallest absolute Gasteiger partial charge is 0.537 e. The standard InChI is InChI=1S/C16H11B2O4/c19-17-22-14-7-11-3-1-9-5-13(18(20)21)6-10-2-4-12(8-14)16(11)15(9)10/h1-8,19-21H. The summed E-state index contributed by atoms with van der Waals surface area (Å²) in [6, 6.07) is 15.1. The molecule has 4 nitrogen and oxygen atoms in total. The van der Waals surface area contributed by atoms with Crippen molar-refractivity contribution in [3.05, 3.63) is 48.5 Å². The van der Waals surface area contributed by atoms with Crippen molar-refractivity contribution < 1.29 is 19.7 Å². The minimum absolute atomic E-state index is 0.477. The highest BCUT2D eigenvalue weighted by molar-refractivity contribution is 6.59. The third kappa shape index (κ3) is 1.93. The van der Waals surface area contributed by atoms with E-state index < -0.39 is 7.12 Å². The molecule has 0 heterocycles. The number of hydrogen-bond acceptors (Lipinski definition) is 4. The molecule has 0 aliphatic heterocycles. The van der Waals surface area contributed by atoms with Crippen LogP contribution in [0, 0.1) is 0 Å². The van der Waals surface area contributed by atoms with Gasteiger partial charge in [-0.1, -0.05) is 36.4 Å². The van der Waals surface area contributed by atoms with Crippen LogP contribution >= 0.6 is 0 Å². The first kappa shape index (κ1) is 13.4. The Balaban J connectivity index is 2.12. The second kappa shape index (κ2) is 4.88. The van der Waals surface area contributed by atoms with E-state index in [0.717, 1.165) is 32.3 Å². The molecule has 0 spiro atoms. The number of hydrogen-bond donors (Lipinski definition) is 3. The molecular weight excluding hydrogens is 278 g/mol. The van der Waals surface area contributed by atoms with Crippen molar-refractivity contribution >= 4 is 52.6 Å². The van der Waals surface area contributed by atoms with Crippen molar-refractivity contribution in [1.82, 2.24) is 0 Å². The van der Waals surface area contributed by atoms with Crippen LogP contribution in [0.1, 0.15) is 0 Å². The summed E-state index contributed by atoms with van der Waals surface area (Å²) >= 11 is 0. The monoisotopic (exact) mass is 289 g/mol. The van der Waals surface area contributed by atoms with Gasteiger partial charge in [0.1, 0.15) is 5.75 Å². The lowest BCUT2D eigenvalue weighted by Crippen LogP contribution is -2.29. The molecule has 0 saturated heterocycles. The Morgan fingerprint density at radius 1 is 0.773 bits per heavy atom. The Kier molecular flexibility index (Phi) is 2.97. The molecule has 0 fully saturated rings. The maximum absolute atomic E-state index is 9.42. The molecule has 0 aliphatic rings. The average Bonchev–Trinajstić information content (AvgIpc) is 2.52. The van der Waals surface area contributed by atoms with Gasteiger partial charge in [0, 0.05) is 0 Å². The van der Waals surface area contributed by atoms with Crippen molar-refractivity contribution in [2.75, 3.05) is 0 Å². The zero-order valence-corrected chi connectivity index (χ0v) is 11.5. The Morgan fingerprint density at radius 2 is 1.23 bits per heavy atom. The highest BCUT2D eigenvalue weighted by atomic mass is 16.5. The molecule has 4 aromatic rings. The molecule has 0 aliphatic carbocycles. The van der Waals surface area contributed by atoms with E-state index in [0.29, 0.717) is 18.9 Å². The molecule has 0 aromatic heterocycles. The van der Waals surface area contributed by atoms with Crippen LogP contribution in [-0.4, -0.2) is 29.9 Å². The van der Waals surface area contributed by atoms with E-state index in [1.807, 2.05) is 36.4 Å². The predicted molar refractivity (Wildman–Crippen MR) is 88.6 cm³/mol. The van der Waals surface area contributed by atoms with Gasteiger partial charge in [-0.2, -0.15) is 0 Å². The fourth-order valence-electron chi connectivity index (χ4n) is 3.11. The average molecular weight is 289 g/mol. The van der Waals surface area contributed by atoms with Crippen LogP contribution in [0.5, 0.6) is 5.75 Å². The maximum atomic E-state index is 9.42. The fraction of sp³-hybridized carbons (Fsp3) is 0. The molecule has 0 bridgehead atoms. The van der Waals surface area contributed by atoms with Crippen molar-refractivity contribution in [1.29, 1.82) is 0 Å². The molecule has 3 N–H and O–H groups in total. The molecule has 0 saturated carbocycles. The third-order valence-corrected chi connectivity index (χ3v) is 4.02. The summed E-state index contributed by atoms with van der Waals surface area (Å²) in [5.41, 5.74) is 0.477. The minimum Gasteiger partial charge on any atom is -0.537 e. The van der Waals surface area contributed by atoms with E-state index in [4.69, 9.17) is 9.68 Å². The Hall–Kier alpha value is -2.27. The highest BCUT2D eigenvalue weighted by Crippen LogP contribution is 2.36. The lowest BCUT2D eigenvalue weighted by molar-refractivity contribution is 0.426. The van der Waals surface area contributed by atoms with Gasteiger partial charge >= 0.3 is 14.8 Å². The molecule has 4 rings (SSSR count). The number of rotatable bonds is 3. The van der Waals surface area contributed by atoms with Gasteiger partial charge in [0.25, 0.3) is 0 Å². The quantitative estimate of drug-likeness (QED) is 0.391. The summed E-state index contributed by atoms with van der Waals surface area (Å²) in [4.78, 5) is 0. The second-order valence-corrected chi connectivity index (χ2v) is 5.31. The summed E-state index contributed by atoms with van der Waals surface area (Å²) in [6.07, 6.45) is 0. The topological polar surface area (TPSA) is 69.9 Å². The van der Waals surface area contributed by atoms with Crippen LogP contribution < -0.4 is 10.1 Å². The number of benzene rings is 4. The lowest BCUT2D eigenvalue weighted by atomic mass is 9.78. The molecular formula is C16H11B2O4. The van der Waals surface area contributed by atoms with E-state index in [1.165, 1.54) is 0 Å². The van der Waals surface area contributed by atoms with Gasteiger partial charge in [-0.25, -0.2) is 0 Å². The van der Waals surface area contributed by atoms with Gasteiger partial charge in [-0.15, -0.1) is 0 Å². The summed E-state index contributed by atoms with van der Waals surface area (Å²) in [5.74, 6) is 0.569. The molecule has 0 amide bonds.